The van der Waals surface area contributed by atoms with Crippen LogP contribution in [-0.2, 0) is 0 Å². The summed E-state index contributed by atoms with van der Waals surface area (Å²) in [7, 11) is 0. The first-order valence-electron chi connectivity index (χ1n) is 8.16. The maximum atomic E-state index is 12.6. The van der Waals surface area contributed by atoms with Crippen molar-refractivity contribution in [1.29, 1.82) is 0 Å². The predicted octanol–water partition coefficient (Wildman–Crippen LogP) is 3.18. The van der Waals surface area contributed by atoms with Gasteiger partial charge in [-0.1, -0.05) is 18.2 Å². The van der Waals surface area contributed by atoms with Crippen LogP contribution < -0.4 is 4.90 Å². The molecule has 1 amide bonds. The van der Waals surface area contributed by atoms with Gasteiger partial charge in [0.15, 0.2) is 0 Å². The highest BCUT2D eigenvalue weighted by Crippen LogP contribution is 2.24. The third kappa shape index (κ3) is 3.33. The summed E-state index contributed by atoms with van der Waals surface area (Å²) in [6, 6.07) is 11.9. The monoisotopic (exact) mass is 310 g/mol. The van der Waals surface area contributed by atoms with Gasteiger partial charge in [-0.25, -0.2) is 9.97 Å². The number of rotatable bonds is 4. The summed E-state index contributed by atoms with van der Waals surface area (Å²) < 4.78 is 0. The first-order valence-corrected chi connectivity index (χ1v) is 8.16. The molecule has 2 heterocycles. The molecule has 1 fully saturated rings. The molecule has 23 heavy (non-hydrogen) atoms. The van der Waals surface area contributed by atoms with Crippen LogP contribution in [0.4, 0.5) is 11.5 Å². The van der Waals surface area contributed by atoms with Crippen LogP contribution in [0.1, 0.15) is 36.1 Å². The van der Waals surface area contributed by atoms with Crippen LogP contribution >= 0.6 is 0 Å². The summed E-state index contributed by atoms with van der Waals surface area (Å²) in [6.45, 7) is 6.34. The van der Waals surface area contributed by atoms with Crippen LogP contribution in [0.5, 0.6) is 0 Å². The highest BCUT2D eigenvalue weighted by molar-refractivity contribution is 5.93. The minimum atomic E-state index is 0.0124. The molecule has 1 aliphatic rings. The SMILES string of the molecule is CCN(c1ccccc1)c1cc(C(=O)N2CCCC2)nc(C)n1. The van der Waals surface area contributed by atoms with Crippen molar-refractivity contribution >= 4 is 17.4 Å². The Hall–Kier alpha value is -2.43. The highest BCUT2D eigenvalue weighted by Gasteiger charge is 2.22. The number of benzene rings is 1. The Balaban J connectivity index is 1.94. The fraction of sp³-hybridized carbons (Fsp3) is 0.389. The summed E-state index contributed by atoms with van der Waals surface area (Å²) >= 11 is 0. The van der Waals surface area contributed by atoms with Gasteiger partial charge in [-0.3, -0.25) is 4.79 Å². The van der Waals surface area contributed by atoms with E-state index in [1.165, 1.54) is 0 Å². The smallest absolute Gasteiger partial charge is 0.272 e. The van der Waals surface area contributed by atoms with Crippen molar-refractivity contribution in [1.82, 2.24) is 14.9 Å². The number of aromatic nitrogens is 2. The van der Waals surface area contributed by atoms with Gasteiger partial charge in [0.1, 0.15) is 17.3 Å². The number of nitrogens with zero attached hydrogens (tertiary/aromatic N) is 4. The van der Waals surface area contributed by atoms with E-state index in [0.717, 1.165) is 44.0 Å². The minimum Gasteiger partial charge on any atom is -0.337 e. The van der Waals surface area contributed by atoms with E-state index >= 15 is 0 Å². The molecule has 5 nitrogen and oxygen atoms in total. The standard InChI is InChI=1S/C18H22N4O/c1-3-22(15-9-5-4-6-10-15)17-13-16(19-14(2)20-17)18(23)21-11-7-8-12-21/h4-6,9-10,13H,3,7-8,11-12H2,1-2H3. The molecule has 3 rings (SSSR count). The first-order chi connectivity index (χ1) is 11.2. The zero-order valence-electron chi connectivity index (χ0n) is 13.7. The number of hydrogen-bond acceptors (Lipinski definition) is 4. The van der Waals surface area contributed by atoms with Gasteiger partial charge in [0, 0.05) is 31.4 Å². The normalized spacial score (nSPS) is 14.1. The molecule has 1 aromatic carbocycles. The predicted molar refractivity (Wildman–Crippen MR) is 91.0 cm³/mol. The van der Waals surface area contributed by atoms with Crippen molar-refractivity contribution in [3.8, 4) is 0 Å². The second-order valence-corrected chi connectivity index (χ2v) is 5.74. The zero-order valence-corrected chi connectivity index (χ0v) is 13.7. The Labute approximate surface area is 137 Å². The first kappa shape index (κ1) is 15.5. The van der Waals surface area contributed by atoms with Gasteiger partial charge < -0.3 is 9.80 Å². The summed E-state index contributed by atoms with van der Waals surface area (Å²) in [5.74, 6) is 1.41. The van der Waals surface area contributed by atoms with Crippen molar-refractivity contribution < 1.29 is 4.79 Å². The van der Waals surface area contributed by atoms with Gasteiger partial charge in [0.25, 0.3) is 5.91 Å². The molecule has 0 aliphatic carbocycles. The van der Waals surface area contributed by atoms with Crippen molar-refractivity contribution in [3.63, 3.8) is 0 Å². The number of likely N-dealkylation sites (tertiary alicyclic amines) is 1. The lowest BCUT2D eigenvalue weighted by Crippen LogP contribution is -2.29. The zero-order chi connectivity index (χ0) is 16.2. The van der Waals surface area contributed by atoms with Crippen LogP contribution in [0.15, 0.2) is 36.4 Å². The third-order valence-corrected chi connectivity index (χ3v) is 4.10. The Morgan fingerprint density at radius 1 is 1.17 bits per heavy atom. The maximum absolute atomic E-state index is 12.6. The van der Waals surface area contributed by atoms with E-state index in [4.69, 9.17) is 0 Å². The Kier molecular flexibility index (Phi) is 4.55. The summed E-state index contributed by atoms with van der Waals surface area (Å²) in [5, 5.41) is 0. The molecule has 0 saturated carbocycles. The van der Waals surface area contributed by atoms with Crippen molar-refractivity contribution in [2.45, 2.75) is 26.7 Å². The van der Waals surface area contributed by atoms with Gasteiger partial charge >= 0.3 is 0 Å². The number of para-hydroxylation sites is 1. The van der Waals surface area contributed by atoms with Crippen molar-refractivity contribution in [3.05, 3.63) is 47.9 Å². The second kappa shape index (κ2) is 6.77. The Bertz CT molecular complexity index is 681. The average Bonchev–Trinajstić information content (AvgIpc) is 3.10. The molecular weight excluding hydrogens is 288 g/mol. The number of aryl methyl sites for hydroxylation is 1. The maximum Gasteiger partial charge on any atom is 0.272 e. The number of amides is 1. The summed E-state index contributed by atoms with van der Waals surface area (Å²) in [6.07, 6.45) is 2.15. The van der Waals surface area contributed by atoms with E-state index in [1.54, 1.807) is 0 Å². The lowest BCUT2D eigenvalue weighted by molar-refractivity contribution is 0.0786. The fourth-order valence-electron chi connectivity index (χ4n) is 2.97. The van der Waals surface area contributed by atoms with Gasteiger partial charge in [0.05, 0.1) is 0 Å². The van der Waals surface area contributed by atoms with E-state index in [0.29, 0.717) is 11.5 Å². The Morgan fingerprint density at radius 2 is 1.87 bits per heavy atom. The van der Waals surface area contributed by atoms with Crippen LogP contribution in [0, 0.1) is 6.92 Å². The third-order valence-electron chi connectivity index (χ3n) is 4.10. The number of hydrogen-bond donors (Lipinski definition) is 0. The largest absolute Gasteiger partial charge is 0.337 e. The quantitative estimate of drug-likeness (QED) is 0.870. The van der Waals surface area contributed by atoms with E-state index < -0.39 is 0 Å². The summed E-state index contributed by atoms with van der Waals surface area (Å²) in [5.41, 5.74) is 1.55. The van der Waals surface area contributed by atoms with Gasteiger partial charge in [-0.05, 0) is 38.8 Å². The van der Waals surface area contributed by atoms with Crippen LogP contribution in [0.3, 0.4) is 0 Å². The van der Waals surface area contributed by atoms with Crippen LogP contribution in [0.2, 0.25) is 0 Å². The number of carbonyl (C=O) groups excluding carboxylic acids is 1. The average molecular weight is 310 g/mol. The molecule has 2 aromatic rings. The number of carbonyl (C=O) groups is 1. The van der Waals surface area contributed by atoms with Crippen LogP contribution in [0.25, 0.3) is 0 Å². The van der Waals surface area contributed by atoms with Gasteiger partial charge in [0.2, 0.25) is 0 Å². The van der Waals surface area contributed by atoms with E-state index in [-0.39, 0.29) is 5.91 Å². The second-order valence-electron chi connectivity index (χ2n) is 5.74. The topological polar surface area (TPSA) is 49.3 Å². The van der Waals surface area contributed by atoms with E-state index in [2.05, 4.69) is 21.8 Å². The molecule has 1 aromatic heterocycles. The van der Waals surface area contributed by atoms with Crippen molar-refractivity contribution in [2.24, 2.45) is 0 Å². The lowest BCUT2D eigenvalue weighted by atomic mass is 10.2. The van der Waals surface area contributed by atoms with Gasteiger partial charge in [-0.2, -0.15) is 0 Å². The lowest BCUT2D eigenvalue weighted by Gasteiger charge is -2.23. The molecule has 0 spiro atoms. The van der Waals surface area contributed by atoms with E-state index in [9.17, 15) is 4.79 Å². The van der Waals surface area contributed by atoms with Crippen molar-refractivity contribution in [2.75, 3.05) is 24.5 Å². The molecule has 1 aliphatic heterocycles. The highest BCUT2D eigenvalue weighted by atomic mass is 16.2. The molecule has 5 heteroatoms. The van der Waals surface area contributed by atoms with Gasteiger partial charge in [-0.15, -0.1) is 0 Å². The minimum absolute atomic E-state index is 0.0124. The molecular formula is C18H22N4O. The molecule has 1 saturated heterocycles. The summed E-state index contributed by atoms with van der Waals surface area (Å²) in [4.78, 5) is 25.5. The number of anilines is 2. The molecule has 0 atom stereocenters. The molecule has 0 radical (unpaired) electrons. The van der Waals surface area contributed by atoms with Crippen LogP contribution in [-0.4, -0.2) is 40.4 Å². The fourth-order valence-corrected chi connectivity index (χ4v) is 2.97. The Morgan fingerprint density at radius 3 is 2.52 bits per heavy atom. The van der Waals surface area contributed by atoms with E-state index in [1.807, 2.05) is 48.2 Å². The molecule has 0 N–H and O–H groups in total. The molecule has 0 unspecified atom stereocenters. The molecule has 120 valence electrons. The molecule has 0 bridgehead atoms.